The molecule has 0 saturated heterocycles. The van der Waals surface area contributed by atoms with Crippen molar-refractivity contribution in [2.24, 2.45) is 0 Å². The molecule has 0 unspecified atom stereocenters. The molecule has 132 valence electrons. The maximum Gasteiger partial charge on any atom is 0.268 e. The van der Waals surface area contributed by atoms with E-state index in [4.69, 9.17) is 14.0 Å². The van der Waals surface area contributed by atoms with Gasteiger partial charge in [0.25, 0.3) is 5.89 Å². The summed E-state index contributed by atoms with van der Waals surface area (Å²) < 4.78 is 16.5. The van der Waals surface area contributed by atoms with Crippen LogP contribution in [-0.4, -0.2) is 23.4 Å². The Labute approximate surface area is 155 Å². The number of methoxy groups -OCH3 is 1. The summed E-state index contributed by atoms with van der Waals surface area (Å²) in [5, 5.41) is 15.4. The molecule has 0 N–H and O–H groups in total. The molecule has 0 aliphatic carbocycles. The first kappa shape index (κ1) is 17.7. The Morgan fingerprint density at radius 1 is 1.31 bits per heavy atom. The molecule has 2 heterocycles. The second-order valence-corrected chi connectivity index (χ2v) is 6.56. The van der Waals surface area contributed by atoms with Gasteiger partial charge in [-0.05, 0) is 37.4 Å². The SMILES string of the molecule is COc1cccc(/C=C(\C#N)c2nc(-c3cccs3)no2)c1OC(C)C. The lowest BCUT2D eigenvalue weighted by Crippen LogP contribution is -2.08. The summed E-state index contributed by atoms with van der Waals surface area (Å²) in [6.45, 7) is 3.85. The van der Waals surface area contributed by atoms with Crippen LogP contribution in [0, 0.1) is 11.3 Å². The van der Waals surface area contributed by atoms with E-state index in [1.165, 1.54) is 11.3 Å². The van der Waals surface area contributed by atoms with Crippen molar-refractivity contribution in [3.63, 3.8) is 0 Å². The first-order valence-electron chi connectivity index (χ1n) is 7.95. The number of nitrogens with zero attached hydrogens (tertiary/aromatic N) is 3. The van der Waals surface area contributed by atoms with Crippen LogP contribution in [0.3, 0.4) is 0 Å². The Bertz CT molecular complexity index is 953. The van der Waals surface area contributed by atoms with Crippen molar-refractivity contribution in [1.82, 2.24) is 10.1 Å². The van der Waals surface area contributed by atoms with Crippen LogP contribution >= 0.6 is 11.3 Å². The molecule has 0 amide bonds. The Hall–Kier alpha value is -3.11. The Balaban J connectivity index is 2.01. The fourth-order valence-corrected chi connectivity index (χ4v) is 2.95. The molecule has 2 aromatic heterocycles. The van der Waals surface area contributed by atoms with E-state index in [1.807, 2.05) is 49.6 Å². The highest BCUT2D eigenvalue weighted by atomic mass is 32.1. The normalized spacial score (nSPS) is 11.4. The average Bonchev–Trinajstić information content (AvgIpc) is 3.31. The zero-order valence-electron chi connectivity index (χ0n) is 14.6. The van der Waals surface area contributed by atoms with E-state index >= 15 is 0 Å². The van der Waals surface area contributed by atoms with Gasteiger partial charge >= 0.3 is 0 Å². The van der Waals surface area contributed by atoms with Crippen molar-refractivity contribution in [3.8, 4) is 28.3 Å². The first-order valence-corrected chi connectivity index (χ1v) is 8.83. The number of benzene rings is 1. The number of aromatic nitrogens is 2. The lowest BCUT2D eigenvalue weighted by atomic mass is 10.1. The van der Waals surface area contributed by atoms with Crippen molar-refractivity contribution in [1.29, 1.82) is 5.26 Å². The van der Waals surface area contributed by atoms with Gasteiger partial charge < -0.3 is 14.0 Å². The third-order valence-corrected chi connectivity index (χ3v) is 4.27. The van der Waals surface area contributed by atoms with Gasteiger partial charge in [-0.1, -0.05) is 23.4 Å². The number of nitriles is 1. The quantitative estimate of drug-likeness (QED) is 0.590. The van der Waals surface area contributed by atoms with Crippen molar-refractivity contribution in [2.45, 2.75) is 20.0 Å². The van der Waals surface area contributed by atoms with Crippen LogP contribution in [0.1, 0.15) is 25.3 Å². The number of thiophene rings is 1. The summed E-state index contributed by atoms with van der Waals surface area (Å²) in [6.07, 6.45) is 1.61. The lowest BCUT2D eigenvalue weighted by Gasteiger charge is -2.15. The monoisotopic (exact) mass is 367 g/mol. The van der Waals surface area contributed by atoms with E-state index in [0.717, 1.165) is 4.88 Å². The van der Waals surface area contributed by atoms with E-state index in [2.05, 4.69) is 16.2 Å². The molecule has 26 heavy (non-hydrogen) atoms. The average molecular weight is 367 g/mol. The molecule has 0 aliphatic heterocycles. The van der Waals surface area contributed by atoms with Gasteiger partial charge in [0.15, 0.2) is 11.5 Å². The number of rotatable bonds is 6. The van der Waals surface area contributed by atoms with Gasteiger partial charge in [-0.3, -0.25) is 0 Å². The van der Waals surface area contributed by atoms with Crippen LogP contribution in [0.2, 0.25) is 0 Å². The highest BCUT2D eigenvalue weighted by Gasteiger charge is 2.16. The van der Waals surface area contributed by atoms with Crippen LogP contribution in [-0.2, 0) is 0 Å². The fraction of sp³-hybridized carbons (Fsp3) is 0.211. The molecular formula is C19H17N3O3S. The number of para-hydroxylation sites is 1. The first-order chi connectivity index (χ1) is 12.6. The third-order valence-electron chi connectivity index (χ3n) is 3.40. The smallest absolute Gasteiger partial charge is 0.268 e. The van der Waals surface area contributed by atoms with Crippen LogP contribution < -0.4 is 9.47 Å². The van der Waals surface area contributed by atoms with Gasteiger partial charge in [-0.15, -0.1) is 11.3 Å². The van der Waals surface area contributed by atoms with Gasteiger partial charge in [0.2, 0.25) is 5.82 Å². The minimum absolute atomic E-state index is 0.0437. The molecule has 1 aromatic carbocycles. The van der Waals surface area contributed by atoms with E-state index < -0.39 is 0 Å². The van der Waals surface area contributed by atoms with E-state index in [0.29, 0.717) is 22.9 Å². The van der Waals surface area contributed by atoms with Crippen LogP contribution in [0.25, 0.3) is 22.4 Å². The fourth-order valence-electron chi connectivity index (χ4n) is 2.31. The summed E-state index contributed by atoms with van der Waals surface area (Å²) in [6, 6.07) is 11.4. The van der Waals surface area contributed by atoms with Crippen LogP contribution in [0.4, 0.5) is 0 Å². The van der Waals surface area contributed by atoms with E-state index in [1.54, 1.807) is 13.2 Å². The molecule has 0 saturated carbocycles. The lowest BCUT2D eigenvalue weighted by molar-refractivity contribution is 0.229. The van der Waals surface area contributed by atoms with Crippen molar-refractivity contribution >= 4 is 23.0 Å². The molecule has 0 atom stereocenters. The third kappa shape index (κ3) is 3.76. The second kappa shape index (κ2) is 7.85. The number of ether oxygens (including phenoxy) is 2. The van der Waals surface area contributed by atoms with Gasteiger partial charge in [0, 0.05) is 5.56 Å². The van der Waals surface area contributed by atoms with Crippen molar-refractivity contribution in [3.05, 3.63) is 47.2 Å². The molecule has 0 spiro atoms. The topological polar surface area (TPSA) is 81.2 Å². The number of hydrogen-bond acceptors (Lipinski definition) is 7. The van der Waals surface area contributed by atoms with E-state index in [9.17, 15) is 5.26 Å². The summed E-state index contributed by atoms with van der Waals surface area (Å²) in [5.41, 5.74) is 0.952. The maximum absolute atomic E-state index is 9.56. The highest BCUT2D eigenvalue weighted by Crippen LogP contribution is 2.34. The molecule has 0 bridgehead atoms. The minimum Gasteiger partial charge on any atom is -0.493 e. The van der Waals surface area contributed by atoms with E-state index in [-0.39, 0.29) is 17.6 Å². The van der Waals surface area contributed by atoms with Crippen LogP contribution in [0.5, 0.6) is 11.5 Å². The predicted molar refractivity (Wildman–Crippen MR) is 99.9 cm³/mol. The summed E-state index contributed by atoms with van der Waals surface area (Å²) in [5.74, 6) is 1.78. The molecule has 3 rings (SSSR count). The molecule has 0 radical (unpaired) electrons. The van der Waals surface area contributed by atoms with Gasteiger partial charge in [-0.25, -0.2) is 0 Å². The minimum atomic E-state index is -0.0437. The van der Waals surface area contributed by atoms with Gasteiger partial charge in [0.1, 0.15) is 11.6 Å². The largest absolute Gasteiger partial charge is 0.493 e. The molecule has 6 nitrogen and oxygen atoms in total. The zero-order valence-corrected chi connectivity index (χ0v) is 15.4. The zero-order chi connectivity index (χ0) is 18.5. The summed E-state index contributed by atoms with van der Waals surface area (Å²) >= 11 is 1.50. The molecule has 0 aliphatic rings. The van der Waals surface area contributed by atoms with Crippen molar-refractivity contribution < 1.29 is 14.0 Å². The molecule has 0 fully saturated rings. The number of allylic oxidation sites excluding steroid dienone is 1. The molecule has 7 heteroatoms. The predicted octanol–water partition coefficient (Wildman–Crippen LogP) is 4.66. The second-order valence-electron chi connectivity index (χ2n) is 5.62. The highest BCUT2D eigenvalue weighted by molar-refractivity contribution is 7.13. The summed E-state index contributed by atoms with van der Waals surface area (Å²) in [4.78, 5) is 5.20. The van der Waals surface area contributed by atoms with Crippen LogP contribution in [0.15, 0.2) is 40.2 Å². The number of hydrogen-bond donors (Lipinski definition) is 0. The van der Waals surface area contributed by atoms with Gasteiger partial charge in [-0.2, -0.15) is 10.2 Å². The standard InChI is InChI=1S/C19H17N3O3S/c1-12(2)24-17-13(6-4-7-15(17)23-3)10-14(11-20)19-21-18(22-25-19)16-8-5-9-26-16/h4-10,12H,1-3H3/b14-10+. The maximum atomic E-state index is 9.56. The molecule has 3 aromatic rings. The summed E-state index contributed by atoms with van der Waals surface area (Å²) in [7, 11) is 1.58. The van der Waals surface area contributed by atoms with Crippen molar-refractivity contribution in [2.75, 3.05) is 7.11 Å². The van der Waals surface area contributed by atoms with Gasteiger partial charge in [0.05, 0.1) is 18.1 Å². The Kier molecular flexibility index (Phi) is 5.34. The molecular weight excluding hydrogens is 350 g/mol. The Morgan fingerprint density at radius 2 is 2.15 bits per heavy atom. The Morgan fingerprint density at radius 3 is 2.81 bits per heavy atom.